The molecular formula is C23H23N3O2S. The lowest BCUT2D eigenvalue weighted by Crippen LogP contribution is -2.39. The average Bonchev–Trinajstić information content (AvgIpc) is 3.37. The van der Waals surface area contributed by atoms with E-state index in [4.69, 9.17) is 4.42 Å². The zero-order chi connectivity index (χ0) is 20.2. The number of furan rings is 1. The van der Waals surface area contributed by atoms with Gasteiger partial charge in [0.1, 0.15) is 5.76 Å². The minimum absolute atomic E-state index is 0.0435. The molecule has 2 aromatic carbocycles. The molecule has 0 fully saturated rings. The minimum Gasteiger partial charge on any atom is -0.468 e. The van der Waals surface area contributed by atoms with Crippen molar-refractivity contribution in [2.24, 2.45) is 0 Å². The summed E-state index contributed by atoms with van der Waals surface area (Å²) in [6.45, 7) is 2.47. The van der Waals surface area contributed by atoms with Crippen LogP contribution < -0.4 is 5.32 Å². The molecule has 1 amide bonds. The van der Waals surface area contributed by atoms with Crippen molar-refractivity contribution in [3.05, 3.63) is 83.3 Å². The first-order chi connectivity index (χ1) is 14.1. The van der Waals surface area contributed by atoms with E-state index < -0.39 is 0 Å². The highest BCUT2D eigenvalue weighted by molar-refractivity contribution is 7.18. The van der Waals surface area contributed by atoms with Crippen LogP contribution in [0.4, 0.5) is 5.69 Å². The fraction of sp³-hybridized carbons (Fsp3) is 0.217. The molecule has 4 rings (SSSR count). The number of thiazole rings is 1. The molecule has 0 aliphatic rings. The molecule has 0 saturated carbocycles. The van der Waals surface area contributed by atoms with Crippen molar-refractivity contribution < 1.29 is 9.21 Å². The monoisotopic (exact) mass is 405 g/mol. The molecule has 0 aliphatic carbocycles. The van der Waals surface area contributed by atoms with E-state index in [-0.39, 0.29) is 11.9 Å². The Morgan fingerprint density at radius 2 is 1.93 bits per heavy atom. The summed E-state index contributed by atoms with van der Waals surface area (Å²) in [6.07, 6.45) is 2.43. The number of carbonyl (C=O) groups is 1. The van der Waals surface area contributed by atoms with Crippen molar-refractivity contribution in [1.82, 2.24) is 9.88 Å². The Balaban J connectivity index is 1.35. The molecule has 148 valence electrons. The van der Waals surface area contributed by atoms with E-state index in [1.807, 2.05) is 73.5 Å². The summed E-state index contributed by atoms with van der Waals surface area (Å²) in [6, 6.07) is 19.6. The highest BCUT2D eigenvalue weighted by atomic mass is 32.1. The van der Waals surface area contributed by atoms with Crippen molar-refractivity contribution in [3.63, 3.8) is 0 Å². The lowest BCUT2D eigenvalue weighted by molar-refractivity contribution is -0.120. The van der Waals surface area contributed by atoms with Crippen LogP contribution in [-0.4, -0.2) is 28.9 Å². The van der Waals surface area contributed by atoms with Gasteiger partial charge in [-0.3, -0.25) is 9.69 Å². The van der Waals surface area contributed by atoms with Crippen LogP contribution in [0.5, 0.6) is 0 Å². The number of carbonyl (C=O) groups excluding carboxylic acids is 1. The number of benzene rings is 2. The van der Waals surface area contributed by atoms with Crippen molar-refractivity contribution in [3.8, 4) is 0 Å². The first kappa shape index (κ1) is 19.4. The molecule has 1 N–H and O–H groups in total. The van der Waals surface area contributed by atoms with Crippen LogP contribution in [0, 0.1) is 0 Å². The Bertz CT molecular complexity index is 1050. The normalized spacial score (nSPS) is 12.4. The molecule has 0 radical (unpaired) electrons. The van der Waals surface area contributed by atoms with Gasteiger partial charge in [-0.25, -0.2) is 4.98 Å². The van der Waals surface area contributed by atoms with Crippen LogP contribution in [0.1, 0.15) is 23.3 Å². The predicted molar refractivity (Wildman–Crippen MR) is 117 cm³/mol. The SMILES string of the molecule is CC(C(=O)Nc1ccc(Cc2nc3ccccc3s2)cc1)N(C)Cc1ccco1. The van der Waals surface area contributed by atoms with Crippen LogP contribution in [0.25, 0.3) is 10.2 Å². The molecule has 0 saturated heterocycles. The van der Waals surface area contributed by atoms with E-state index in [0.29, 0.717) is 6.54 Å². The van der Waals surface area contributed by atoms with Gasteiger partial charge >= 0.3 is 0 Å². The zero-order valence-electron chi connectivity index (χ0n) is 16.5. The maximum atomic E-state index is 12.6. The number of rotatable bonds is 7. The van der Waals surface area contributed by atoms with Gasteiger partial charge in [0.2, 0.25) is 5.91 Å². The Morgan fingerprint density at radius 1 is 1.14 bits per heavy atom. The van der Waals surface area contributed by atoms with Gasteiger partial charge < -0.3 is 9.73 Å². The predicted octanol–water partition coefficient (Wildman–Crippen LogP) is 4.94. The van der Waals surface area contributed by atoms with Crippen molar-refractivity contribution in [2.75, 3.05) is 12.4 Å². The summed E-state index contributed by atoms with van der Waals surface area (Å²) in [5.74, 6) is 0.796. The van der Waals surface area contributed by atoms with Crippen molar-refractivity contribution >= 4 is 33.1 Å². The average molecular weight is 406 g/mol. The van der Waals surface area contributed by atoms with Crippen LogP contribution in [0.3, 0.4) is 0 Å². The van der Waals surface area contributed by atoms with Gasteiger partial charge in [0.05, 0.1) is 34.1 Å². The van der Waals surface area contributed by atoms with Crippen molar-refractivity contribution in [1.29, 1.82) is 0 Å². The number of nitrogens with one attached hydrogen (secondary N) is 1. The molecule has 4 aromatic rings. The molecule has 5 nitrogen and oxygen atoms in total. The number of nitrogens with zero attached hydrogens (tertiary/aromatic N) is 2. The van der Waals surface area contributed by atoms with Gasteiger partial charge in [-0.15, -0.1) is 11.3 Å². The number of likely N-dealkylation sites (N-methyl/N-ethyl adjacent to an activating group) is 1. The Morgan fingerprint density at radius 3 is 2.66 bits per heavy atom. The van der Waals surface area contributed by atoms with Crippen LogP contribution in [-0.2, 0) is 17.8 Å². The smallest absolute Gasteiger partial charge is 0.241 e. The molecule has 2 heterocycles. The molecule has 6 heteroatoms. The zero-order valence-corrected chi connectivity index (χ0v) is 17.3. The third-order valence-corrected chi connectivity index (χ3v) is 5.98. The second kappa shape index (κ2) is 8.59. The highest BCUT2D eigenvalue weighted by Crippen LogP contribution is 2.24. The minimum atomic E-state index is -0.275. The third kappa shape index (κ3) is 4.72. The summed E-state index contributed by atoms with van der Waals surface area (Å²) in [5, 5.41) is 4.08. The van der Waals surface area contributed by atoms with Gasteiger partial charge in [-0.05, 0) is 55.9 Å². The van der Waals surface area contributed by atoms with E-state index in [1.54, 1.807) is 17.6 Å². The number of amides is 1. The maximum absolute atomic E-state index is 12.6. The molecule has 0 aliphatic heterocycles. The Hall–Kier alpha value is -2.96. The quantitative estimate of drug-likeness (QED) is 0.473. The van der Waals surface area contributed by atoms with Gasteiger partial charge in [0.15, 0.2) is 0 Å². The van der Waals surface area contributed by atoms with Gasteiger partial charge in [0, 0.05) is 12.1 Å². The van der Waals surface area contributed by atoms with E-state index >= 15 is 0 Å². The van der Waals surface area contributed by atoms with Crippen LogP contribution in [0.15, 0.2) is 71.3 Å². The maximum Gasteiger partial charge on any atom is 0.241 e. The topological polar surface area (TPSA) is 58.4 Å². The van der Waals surface area contributed by atoms with Crippen LogP contribution in [0.2, 0.25) is 0 Å². The summed E-state index contributed by atoms with van der Waals surface area (Å²) in [4.78, 5) is 19.2. The van der Waals surface area contributed by atoms with Gasteiger partial charge in [0.25, 0.3) is 0 Å². The lowest BCUT2D eigenvalue weighted by atomic mass is 10.1. The van der Waals surface area contributed by atoms with Gasteiger partial charge in [-0.2, -0.15) is 0 Å². The second-order valence-corrected chi connectivity index (χ2v) is 8.22. The second-order valence-electron chi connectivity index (χ2n) is 7.11. The fourth-order valence-corrected chi connectivity index (χ4v) is 4.11. The van der Waals surface area contributed by atoms with Crippen LogP contribution >= 0.6 is 11.3 Å². The fourth-order valence-electron chi connectivity index (χ4n) is 3.11. The Labute approximate surface area is 174 Å². The summed E-state index contributed by atoms with van der Waals surface area (Å²) < 4.78 is 6.56. The first-order valence-electron chi connectivity index (χ1n) is 9.55. The van der Waals surface area contributed by atoms with Crippen molar-refractivity contribution in [2.45, 2.75) is 25.9 Å². The molecule has 1 unspecified atom stereocenters. The summed E-state index contributed by atoms with van der Waals surface area (Å²) >= 11 is 1.72. The summed E-state index contributed by atoms with van der Waals surface area (Å²) in [5.41, 5.74) is 3.01. The standard InChI is InChI=1S/C23H23N3O2S/c1-16(26(2)15-19-6-5-13-28-19)23(27)24-18-11-9-17(10-12-18)14-22-25-20-7-3-4-8-21(20)29-22/h3-13,16H,14-15H2,1-2H3,(H,24,27). The molecule has 0 spiro atoms. The number of hydrogen-bond acceptors (Lipinski definition) is 5. The molecule has 2 aromatic heterocycles. The largest absolute Gasteiger partial charge is 0.468 e. The number of fused-ring (bicyclic) bond motifs is 1. The number of para-hydroxylation sites is 1. The number of aromatic nitrogens is 1. The van der Waals surface area contributed by atoms with E-state index in [9.17, 15) is 4.79 Å². The first-order valence-corrected chi connectivity index (χ1v) is 10.4. The Kier molecular flexibility index (Phi) is 5.74. The number of anilines is 1. The molecule has 0 bridgehead atoms. The molecular weight excluding hydrogens is 382 g/mol. The van der Waals surface area contributed by atoms with Gasteiger partial charge in [-0.1, -0.05) is 24.3 Å². The third-order valence-electron chi connectivity index (χ3n) is 4.94. The number of hydrogen-bond donors (Lipinski definition) is 1. The molecule has 29 heavy (non-hydrogen) atoms. The summed E-state index contributed by atoms with van der Waals surface area (Å²) in [7, 11) is 1.91. The highest BCUT2D eigenvalue weighted by Gasteiger charge is 2.19. The molecule has 1 atom stereocenters. The van der Waals surface area contributed by atoms with E-state index in [0.717, 1.165) is 28.4 Å². The van der Waals surface area contributed by atoms with E-state index in [2.05, 4.69) is 16.4 Å². The lowest BCUT2D eigenvalue weighted by Gasteiger charge is -2.22. The van der Waals surface area contributed by atoms with E-state index in [1.165, 1.54) is 10.3 Å².